The van der Waals surface area contributed by atoms with Crippen LogP contribution >= 0.6 is 23.2 Å². The lowest BCUT2D eigenvalue weighted by Crippen LogP contribution is -2.03. The molecule has 3 aromatic rings. The van der Waals surface area contributed by atoms with Crippen molar-refractivity contribution < 1.29 is 4.39 Å². The van der Waals surface area contributed by atoms with Crippen molar-refractivity contribution in [1.29, 1.82) is 0 Å². The Balaban J connectivity index is 1.89. The molecule has 2 N–H and O–H groups in total. The molecule has 0 aliphatic rings. The Morgan fingerprint density at radius 2 is 1.62 bits per heavy atom. The van der Waals surface area contributed by atoms with E-state index >= 15 is 0 Å². The van der Waals surface area contributed by atoms with Gasteiger partial charge in [0.2, 0.25) is 5.95 Å². The maximum atomic E-state index is 13.3. The summed E-state index contributed by atoms with van der Waals surface area (Å²) in [5, 5.41) is 6.99. The number of nitrogens with one attached hydrogen (secondary N) is 2. The maximum absolute atomic E-state index is 13.3. The van der Waals surface area contributed by atoms with Gasteiger partial charge in [0, 0.05) is 17.4 Å². The Bertz CT molecular complexity index is 866. The quantitative estimate of drug-likeness (QED) is 0.623. The van der Waals surface area contributed by atoms with Gasteiger partial charge in [-0.3, -0.25) is 0 Å². The van der Waals surface area contributed by atoms with Crippen molar-refractivity contribution >= 4 is 46.3 Å². The molecule has 4 nitrogen and oxygen atoms in total. The number of hydrogen-bond donors (Lipinski definition) is 2. The second-order valence-electron chi connectivity index (χ2n) is 5.08. The van der Waals surface area contributed by atoms with Crippen molar-refractivity contribution in [1.82, 2.24) is 9.97 Å². The first-order valence-corrected chi connectivity index (χ1v) is 7.86. The van der Waals surface area contributed by atoms with Crippen LogP contribution < -0.4 is 10.6 Å². The van der Waals surface area contributed by atoms with Crippen molar-refractivity contribution in [3.05, 3.63) is 70.1 Å². The first kappa shape index (κ1) is 16.5. The molecule has 0 atom stereocenters. The van der Waals surface area contributed by atoms with Gasteiger partial charge in [0.1, 0.15) is 11.6 Å². The smallest absolute Gasteiger partial charge is 0.229 e. The highest BCUT2D eigenvalue weighted by Crippen LogP contribution is 2.32. The zero-order valence-electron chi connectivity index (χ0n) is 12.6. The molecule has 0 aliphatic heterocycles. The Labute approximate surface area is 148 Å². The van der Waals surface area contributed by atoms with E-state index in [0.717, 1.165) is 5.69 Å². The Morgan fingerprint density at radius 1 is 0.917 bits per heavy atom. The molecule has 1 heterocycles. The molecule has 0 saturated heterocycles. The zero-order valence-corrected chi connectivity index (χ0v) is 14.2. The van der Waals surface area contributed by atoms with Crippen molar-refractivity contribution in [2.45, 2.75) is 6.92 Å². The number of anilines is 4. The van der Waals surface area contributed by atoms with Gasteiger partial charge in [-0.1, -0.05) is 35.3 Å². The number of hydrogen-bond acceptors (Lipinski definition) is 4. The molecular weight excluding hydrogens is 350 g/mol. The minimum atomic E-state index is -0.327. The van der Waals surface area contributed by atoms with Gasteiger partial charge in [-0.2, -0.15) is 4.98 Å². The number of aromatic nitrogens is 2. The van der Waals surface area contributed by atoms with Crippen LogP contribution in [0.3, 0.4) is 0 Å². The predicted molar refractivity (Wildman–Crippen MR) is 96.2 cm³/mol. The molecule has 0 saturated carbocycles. The van der Waals surface area contributed by atoms with Crippen molar-refractivity contribution in [2.24, 2.45) is 0 Å². The summed E-state index contributed by atoms with van der Waals surface area (Å²) in [6.45, 7) is 1.83. The van der Waals surface area contributed by atoms with Crippen LogP contribution in [0.2, 0.25) is 10.0 Å². The van der Waals surface area contributed by atoms with Gasteiger partial charge in [0.25, 0.3) is 0 Å². The summed E-state index contributed by atoms with van der Waals surface area (Å²) in [4.78, 5) is 8.68. The Kier molecular flexibility index (Phi) is 4.83. The molecule has 0 radical (unpaired) electrons. The molecule has 24 heavy (non-hydrogen) atoms. The maximum Gasteiger partial charge on any atom is 0.229 e. The van der Waals surface area contributed by atoms with Gasteiger partial charge >= 0.3 is 0 Å². The molecule has 0 spiro atoms. The topological polar surface area (TPSA) is 49.8 Å². The summed E-state index contributed by atoms with van der Waals surface area (Å²) in [7, 11) is 0. The third-order valence-electron chi connectivity index (χ3n) is 3.15. The number of para-hydroxylation sites is 1. The Morgan fingerprint density at radius 3 is 2.33 bits per heavy atom. The normalized spacial score (nSPS) is 10.5. The standard InChI is InChI=1S/C17H13Cl2FN4/c1-10-8-15(22-12-5-2-4-11(20)9-12)23-17(21-10)24-16-13(18)6-3-7-14(16)19/h2-9H,1H3,(H2,21,22,23,24). The fraction of sp³-hybridized carbons (Fsp3) is 0.0588. The number of halogens is 3. The van der Waals surface area contributed by atoms with E-state index in [0.29, 0.717) is 33.2 Å². The van der Waals surface area contributed by atoms with E-state index in [1.807, 2.05) is 6.92 Å². The Hall–Kier alpha value is -2.37. The van der Waals surface area contributed by atoms with Crippen molar-refractivity contribution in [2.75, 3.05) is 10.6 Å². The lowest BCUT2D eigenvalue weighted by molar-refractivity contribution is 0.628. The summed E-state index contributed by atoms with van der Waals surface area (Å²) in [5.41, 5.74) is 1.85. The molecule has 0 fully saturated rings. The van der Waals surface area contributed by atoms with Crippen LogP contribution in [0.1, 0.15) is 5.69 Å². The lowest BCUT2D eigenvalue weighted by Gasteiger charge is -2.12. The van der Waals surface area contributed by atoms with Gasteiger partial charge in [-0.25, -0.2) is 9.37 Å². The summed E-state index contributed by atoms with van der Waals surface area (Å²) in [5.74, 6) is 0.537. The van der Waals surface area contributed by atoms with Crippen LogP contribution in [0.5, 0.6) is 0 Å². The second-order valence-corrected chi connectivity index (χ2v) is 5.89. The van der Waals surface area contributed by atoms with Crippen LogP contribution in [-0.2, 0) is 0 Å². The first-order chi connectivity index (χ1) is 11.5. The van der Waals surface area contributed by atoms with E-state index in [-0.39, 0.29) is 5.82 Å². The van der Waals surface area contributed by atoms with Crippen LogP contribution in [0, 0.1) is 12.7 Å². The monoisotopic (exact) mass is 362 g/mol. The minimum Gasteiger partial charge on any atom is -0.340 e. The summed E-state index contributed by atoms with van der Waals surface area (Å²) in [6, 6.07) is 13.1. The van der Waals surface area contributed by atoms with Crippen molar-refractivity contribution in [3.63, 3.8) is 0 Å². The molecule has 7 heteroatoms. The molecule has 0 unspecified atom stereocenters. The number of benzene rings is 2. The zero-order chi connectivity index (χ0) is 17.1. The third kappa shape index (κ3) is 3.93. The summed E-state index contributed by atoms with van der Waals surface area (Å²) >= 11 is 12.3. The van der Waals surface area contributed by atoms with Crippen LogP contribution in [0.4, 0.5) is 27.5 Å². The third-order valence-corrected chi connectivity index (χ3v) is 3.78. The van der Waals surface area contributed by atoms with Gasteiger partial charge in [0.05, 0.1) is 15.7 Å². The molecule has 0 aliphatic carbocycles. The van der Waals surface area contributed by atoms with E-state index < -0.39 is 0 Å². The number of rotatable bonds is 4. The van der Waals surface area contributed by atoms with E-state index in [1.165, 1.54) is 12.1 Å². The average molecular weight is 363 g/mol. The van der Waals surface area contributed by atoms with Crippen LogP contribution in [-0.4, -0.2) is 9.97 Å². The summed E-state index contributed by atoms with van der Waals surface area (Å²) in [6.07, 6.45) is 0. The molecule has 1 aromatic heterocycles. The van der Waals surface area contributed by atoms with E-state index in [9.17, 15) is 4.39 Å². The van der Waals surface area contributed by atoms with E-state index in [4.69, 9.17) is 23.2 Å². The fourth-order valence-corrected chi connectivity index (χ4v) is 2.62. The van der Waals surface area contributed by atoms with E-state index in [2.05, 4.69) is 20.6 Å². The molecule has 0 bridgehead atoms. The largest absolute Gasteiger partial charge is 0.340 e. The van der Waals surface area contributed by atoms with Gasteiger partial charge in [0.15, 0.2) is 0 Å². The first-order valence-electron chi connectivity index (χ1n) is 7.10. The average Bonchev–Trinajstić information content (AvgIpc) is 2.50. The highest BCUT2D eigenvalue weighted by atomic mass is 35.5. The van der Waals surface area contributed by atoms with Gasteiger partial charge in [-0.15, -0.1) is 0 Å². The molecule has 2 aromatic carbocycles. The highest BCUT2D eigenvalue weighted by molar-refractivity contribution is 6.39. The molecule has 0 amide bonds. The minimum absolute atomic E-state index is 0.327. The SMILES string of the molecule is Cc1cc(Nc2cccc(F)c2)nc(Nc2c(Cl)cccc2Cl)n1. The predicted octanol–water partition coefficient (Wildman–Crippen LogP) is 5.72. The molecule has 3 rings (SSSR count). The van der Waals surface area contributed by atoms with Gasteiger partial charge in [-0.05, 0) is 37.3 Å². The fourth-order valence-electron chi connectivity index (χ4n) is 2.13. The van der Waals surface area contributed by atoms with Crippen LogP contribution in [0.15, 0.2) is 48.5 Å². The van der Waals surface area contributed by atoms with Crippen molar-refractivity contribution in [3.8, 4) is 0 Å². The van der Waals surface area contributed by atoms with Crippen LogP contribution in [0.25, 0.3) is 0 Å². The molecular formula is C17H13Cl2FN4. The lowest BCUT2D eigenvalue weighted by atomic mass is 10.3. The number of nitrogens with zero attached hydrogens (tertiary/aromatic N) is 2. The number of aryl methyl sites for hydroxylation is 1. The van der Waals surface area contributed by atoms with E-state index in [1.54, 1.807) is 36.4 Å². The van der Waals surface area contributed by atoms with Gasteiger partial charge < -0.3 is 10.6 Å². The highest BCUT2D eigenvalue weighted by Gasteiger charge is 2.09. The molecule has 122 valence electrons. The second kappa shape index (κ2) is 7.03. The summed E-state index contributed by atoms with van der Waals surface area (Å²) < 4.78 is 13.3.